The van der Waals surface area contributed by atoms with Crippen LogP contribution in [0, 0.1) is 0 Å². The van der Waals surface area contributed by atoms with Gasteiger partial charge in [-0.3, -0.25) is 14.4 Å². The number of benzene rings is 4. The Bertz CT molecular complexity index is 1480. The molecule has 4 rings (SSSR count). The highest BCUT2D eigenvalue weighted by Gasteiger charge is 2.17. The van der Waals surface area contributed by atoms with Crippen molar-refractivity contribution in [2.45, 2.75) is 17.1 Å². The molecule has 0 aliphatic rings. The van der Waals surface area contributed by atoms with Crippen molar-refractivity contribution in [3.8, 4) is 0 Å². The Morgan fingerprint density at radius 1 is 0.769 bits per heavy atom. The Balaban J connectivity index is 1.43. The van der Waals surface area contributed by atoms with E-state index in [0.29, 0.717) is 21.8 Å². The van der Waals surface area contributed by atoms with Crippen LogP contribution in [0.25, 0.3) is 6.08 Å². The molecule has 6 nitrogen and oxygen atoms in total. The van der Waals surface area contributed by atoms with Crippen LogP contribution in [0.2, 0.25) is 5.02 Å². The lowest BCUT2D eigenvalue weighted by atomic mass is 10.1. The Hall–Kier alpha value is -4.33. The maximum absolute atomic E-state index is 13.2. The lowest BCUT2D eigenvalue weighted by molar-refractivity contribution is -0.115. The molecule has 1 atom stereocenters. The molecule has 0 saturated heterocycles. The van der Waals surface area contributed by atoms with E-state index in [1.165, 1.54) is 11.8 Å². The predicted molar refractivity (Wildman–Crippen MR) is 159 cm³/mol. The van der Waals surface area contributed by atoms with Gasteiger partial charge in [0.15, 0.2) is 0 Å². The van der Waals surface area contributed by atoms with E-state index in [2.05, 4.69) is 16.0 Å². The van der Waals surface area contributed by atoms with Gasteiger partial charge in [0.05, 0.1) is 5.25 Å². The fraction of sp³-hybridized carbons (Fsp3) is 0.0645. The summed E-state index contributed by atoms with van der Waals surface area (Å²) in [6, 6.07) is 32.1. The molecular formula is C31H26ClN3O3S. The van der Waals surface area contributed by atoms with Gasteiger partial charge < -0.3 is 16.0 Å². The molecular weight excluding hydrogens is 530 g/mol. The molecule has 0 fully saturated rings. The summed E-state index contributed by atoms with van der Waals surface area (Å²) >= 11 is 7.51. The van der Waals surface area contributed by atoms with Crippen LogP contribution in [-0.4, -0.2) is 23.0 Å². The molecule has 0 aliphatic carbocycles. The molecule has 0 saturated carbocycles. The van der Waals surface area contributed by atoms with Crippen LogP contribution >= 0.6 is 23.4 Å². The van der Waals surface area contributed by atoms with Gasteiger partial charge in [-0.25, -0.2) is 0 Å². The Morgan fingerprint density at radius 2 is 1.41 bits per heavy atom. The maximum Gasteiger partial charge on any atom is 0.272 e. The third kappa shape index (κ3) is 8.33. The summed E-state index contributed by atoms with van der Waals surface area (Å²) in [5.74, 6) is -1.00. The first-order valence-corrected chi connectivity index (χ1v) is 13.4. The van der Waals surface area contributed by atoms with Crippen molar-refractivity contribution in [2.75, 3.05) is 10.6 Å². The monoisotopic (exact) mass is 555 g/mol. The van der Waals surface area contributed by atoms with Crippen LogP contribution in [0.4, 0.5) is 11.4 Å². The molecule has 39 heavy (non-hydrogen) atoms. The number of nitrogens with one attached hydrogen (secondary N) is 3. The number of halogens is 1. The summed E-state index contributed by atoms with van der Waals surface area (Å²) in [6.45, 7) is 1.83. The molecule has 8 heteroatoms. The average Bonchev–Trinajstić information content (AvgIpc) is 2.94. The van der Waals surface area contributed by atoms with Gasteiger partial charge in [-0.15, -0.1) is 11.8 Å². The zero-order chi connectivity index (χ0) is 27.6. The summed E-state index contributed by atoms with van der Waals surface area (Å²) in [4.78, 5) is 39.4. The molecule has 0 heterocycles. The van der Waals surface area contributed by atoms with Crippen LogP contribution in [0.5, 0.6) is 0 Å². The Kier molecular flexibility index (Phi) is 9.56. The van der Waals surface area contributed by atoms with Crippen molar-refractivity contribution >= 4 is 58.5 Å². The van der Waals surface area contributed by atoms with Crippen LogP contribution in [-0.2, 0) is 9.59 Å². The first-order valence-electron chi connectivity index (χ1n) is 12.1. The number of rotatable bonds is 9. The average molecular weight is 556 g/mol. The molecule has 196 valence electrons. The van der Waals surface area contributed by atoms with Crippen molar-refractivity contribution in [1.29, 1.82) is 0 Å². The van der Waals surface area contributed by atoms with E-state index in [1.54, 1.807) is 66.7 Å². The molecule has 3 amide bonds. The first kappa shape index (κ1) is 27.7. The van der Waals surface area contributed by atoms with E-state index in [0.717, 1.165) is 10.6 Å². The molecule has 0 radical (unpaired) electrons. The van der Waals surface area contributed by atoms with Gasteiger partial charge in [-0.1, -0.05) is 60.1 Å². The number of thioether (sulfide) groups is 1. The van der Waals surface area contributed by atoms with E-state index in [4.69, 9.17) is 11.6 Å². The third-order valence-electron chi connectivity index (χ3n) is 5.52. The minimum atomic E-state index is -0.490. The van der Waals surface area contributed by atoms with Gasteiger partial charge in [0.25, 0.3) is 11.8 Å². The van der Waals surface area contributed by atoms with Crippen molar-refractivity contribution in [1.82, 2.24) is 5.32 Å². The van der Waals surface area contributed by atoms with Crippen LogP contribution in [0.1, 0.15) is 22.8 Å². The van der Waals surface area contributed by atoms with Gasteiger partial charge in [0, 0.05) is 26.9 Å². The second-order valence-corrected chi connectivity index (χ2v) is 10.4. The fourth-order valence-corrected chi connectivity index (χ4v) is 4.61. The van der Waals surface area contributed by atoms with Gasteiger partial charge in [0.2, 0.25) is 5.91 Å². The van der Waals surface area contributed by atoms with Gasteiger partial charge in [-0.05, 0) is 79.2 Å². The highest BCUT2D eigenvalue weighted by molar-refractivity contribution is 8.00. The number of anilines is 2. The number of amides is 3. The van der Waals surface area contributed by atoms with E-state index >= 15 is 0 Å². The van der Waals surface area contributed by atoms with Crippen LogP contribution in [0.15, 0.2) is 120 Å². The minimum Gasteiger partial charge on any atom is -0.325 e. The molecule has 3 N–H and O–H groups in total. The first-order chi connectivity index (χ1) is 18.9. The lowest BCUT2D eigenvalue weighted by Crippen LogP contribution is -2.30. The van der Waals surface area contributed by atoms with E-state index < -0.39 is 11.8 Å². The smallest absolute Gasteiger partial charge is 0.272 e. The summed E-state index contributed by atoms with van der Waals surface area (Å²) in [5, 5.41) is 8.62. The van der Waals surface area contributed by atoms with Crippen molar-refractivity contribution in [3.05, 3.63) is 131 Å². The number of carbonyl (C=O) groups excluding carboxylic acids is 3. The standard InChI is InChI=1S/C31H26ClN3O3S/c1-21(29(36)33-25-13-6-3-7-14-25)39-27-17-15-26(16-18-27)34-31(38)28(20-22-9-8-12-24(32)19-22)35-30(37)23-10-4-2-5-11-23/h2-21H,1H3,(H,33,36)(H,34,38)(H,35,37)/b28-20-. The Labute approximate surface area is 236 Å². The highest BCUT2D eigenvalue weighted by atomic mass is 35.5. The molecule has 0 aliphatic heterocycles. The van der Waals surface area contributed by atoms with E-state index in [1.807, 2.05) is 55.5 Å². The van der Waals surface area contributed by atoms with Crippen molar-refractivity contribution in [2.24, 2.45) is 0 Å². The number of para-hydroxylation sites is 1. The molecule has 4 aromatic rings. The van der Waals surface area contributed by atoms with Gasteiger partial charge >= 0.3 is 0 Å². The fourth-order valence-electron chi connectivity index (χ4n) is 3.54. The second kappa shape index (κ2) is 13.5. The SMILES string of the molecule is CC(Sc1ccc(NC(=O)/C(=C/c2cccc(Cl)c2)NC(=O)c2ccccc2)cc1)C(=O)Nc1ccccc1. The summed E-state index contributed by atoms with van der Waals surface area (Å²) in [5.41, 5.74) is 2.44. The van der Waals surface area contributed by atoms with E-state index in [-0.39, 0.29) is 16.9 Å². The maximum atomic E-state index is 13.2. The van der Waals surface area contributed by atoms with Gasteiger partial charge in [-0.2, -0.15) is 0 Å². The largest absolute Gasteiger partial charge is 0.325 e. The van der Waals surface area contributed by atoms with Crippen LogP contribution < -0.4 is 16.0 Å². The molecule has 0 aromatic heterocycles. The van der Waals surface area contributed by atoms with Crippen molar-refractivity contribution in [3.63, 3.8) is 0 Å². The zero-order valence-corrected chi connectivity index (χ0v) is 22.6. The summed E-state index contributed by atoms with van der Waals surface area (Å²) in [7, 11) is 0. The van der Waals surface area contributed by atoms with E-state index in [9.17, 15) is 14.4 Å². The summed E-state index contributed by atoms with van der Waals surface area (Å²) < 4.78 is 0. The zero-order valence-electron chi connectivity index (χ0n) is 21.1. The molecule has 1 unspecified atom stereocenters. The highest BCUT2D eigenvalue weighted by Crippen LogP contribution is 2.26. The minimum absolute atomic E-state index is 0.0655. The molecule has 0 bridgehead atoms. The topological polar surface area (TPSA) is 87.3 Å². The number of hydrogen-bond donors (Lipinski definition) is 3. The molecule has 0 spiro atoms. The molecule has 4 aromatic carbocycles. The normalized spacial score (nSPS) is 11.8. The van der Waals surface area contributed by atoms with Crippen LogP contribution in [0.3, 0.4) is 0 Å². The summed E-state index contributed by atoms with van der Waals surface area (Å²) in [6.07, 6.45) is 1.57. The Morgan fingerprint density at radius 3 is 2.08 bits per heavy atom. The quantitative estimate of drug-likeness (QED) is 0.155. The lowest BCUT2D eigenvalue weighted by Gasteiger charge is -2.13. The van der Waals surface area contributed by atoms with Gasteiger partial charge in [0.1, 0.15) is 5.70 Å². The number of carbonyl (C=O) groups is 3. The predicted octanol–water partition coefficient (Wildman–Crippen LogP) is 6.87. The number of hydrogen-bond acceptors (Lipinski definition) is 4. The third-order valence-corrected chi connectivity index (χ3v) is 6.87. The van der Waals surface area contributed by atoms with Crippen molar-refractivity contribution < 1.29 is 14.4 Å². The second-order valence-electron chi connectivity index (χ2n) is 8.53.